The highest BCUT2D eigenvalue weighted by Crippen LogP contribution is 2.44. The number of aromatic nitrogens is 4. The molecule has 0 saturated heterocycles. The van der Waals surface area contributed by atoms with Crippen molar-refractivity contribution in [3.63, 3.8) is 0 Å². The molecule has 0 unspecified atom stereocenters. The molecule has 0 saturated carbocycles. The first-order valence-corrected chi connectivity index (χ1v) is 22.7. The highest BCUT2D eigenvalue weighted by atomic mass is 15.0. The van der Waals surface area contributed by atoms with Gasteiger partial charge in [0.15, 0.2) is 0 Å². The third kappa shape index (κ3) is 5.44. The standard InChI is InChI=1S/C60H43N5/c1-39-40(34-36-62-51-26-10-2-18-41(51)42-19-3-11-27-52(42)62)59(64-55-30-14-6-22-45(55)46-23-7-15-31-56(46)64)49(35-37-63-53-28-12-4-20-43(53)44-21-5-13-29-54(44)63)60(50(39)38-61)65-57-32-16-8-24-47(57)48-25-9-17-33-58(48)65/h2-33H,34-37H2,1H3. The maximum atomic E-state index is 11.7. The summed E-state index contributed by atoms with van der Waals surface area (Å²) in [5.41, 5.74) is 15.6. The van der Waals surface area contributed by atoms with Crippen molar-refractivity contribution in [2.75, 3.05) is 0 Å². The van der Waals surface area contributed by atoms with Gasteiger partial charge in [-0.25, -0.2) is 0 Å². The maximum absolute atomic E-state index is 11.7. The van der Waals surface area contributed by atoms with E-state index in [0.29, 0.717) is 13.0 Å². The van der Waals surface area contributed by atoms with E-state index in [1.165, 1.54) is 70.7 Å². The minimum atomic E-state index is 0.673. The fourth-order valence-corrected chi connectivity index (χ4v) is 11.4. The Bertz CT molecular complexity index is 3890. The monoisotopic (exact) mass is 833 g/mol. The van der Waals surface area contributed by atoms with Gasteiger partial charge in [-0.1, -0.05) is 146 Å². The summed E-state index contributed by atoms with van der Waals surface area (Å²) in [7, 11) is 0. The largest absolute Gasteiger partial charge is 0.340 e. The summed E-state index contributed by atoms with van der Waals surface area (Å²) in [6, 6.07) is 73.1. The third-order valence-corrected chi connectivity index (χ3v) is 14.2. The van der Waals surface area contributed by atoms with E-state index in [2.05, 4.69) is 225 Å². The van der Waals surface area contributed by atoms with Crippen molar-refractivity contribution in [3.05, 3.63) is 216 Å². The number of fused-ring (bicyclic) bond motifs is 12. The number of rotatable bonds is 8. The summed E-state index contributed by atoms with van der Waals surface area (Å²) in [6.07, 6.45) is 1.39. The van der Waals surface area contributed by atoms with Gasteiger partial charge in [0.05, 0.1) is 39.0 Å². The Morgan fingerprint density at radius 2 is 0.600 bits per heavy atom. The Morgan fingerprint density at radius 1 is 0.338 bits per heavy atom. The molecule has 13 aromatic rings. The van der Waals surface area contributed by atoms with Crippen molar-refractivity contribution in [2.24, 2.45) is 0 Å². The lowest BCUT2D eigenvalue weighted by atomic mass is 9.89. The van der Waals surface area contributed by atoms with Gasteiger partial charge in [-0.05, 0) is 79.4 Å². The topological polar surface area (TPSA) is 43.5 Å². The molecule has 13 rings (SSSR count). The highest BCUT2D eigenvalue weighted by molar-refractivity contribution is 6.12. The molecule has 9 aromatic carbocycles. The summed E-state index contributed by atoms with van der Waals surface area (Å²) in [5.74, 6) is 0. The third-order valence-electron chi connectivity index (χ3n) is 14.2. The van der Waals surface area contributed by atoms with E-state index in [4.69, 9.17) is 0 Å². The number of hydrogen-bond donors (Lipinski definition) is 0. The fraction of sp³-hybridized carbons (Fsp3) is 0.0833. The van der Waals surface area contributed by atoms with Gasteiger partial charge in [0.2, 0.25) is 0 Å². The van der Waals surface area contributed by atoms with E-state index < -0.39 is 0 Å². The average molecular weight is 834 g/mol. The molecule has 308 valence electrons. The lowest BCUT2D eigenvalue weighted by Gasteiger charge is -2.27. The molecule has 5 nitrogen and oxygen atoms in total. The minimum Gasteiger partial charge on any atom is -0.340 e. The summed E-state index contributed by atoms with van der Waals surface area (Å²) < 4.78 is 9.94. The Balaban J connectivity index is 1.16. The van der Waals surface area contributed by atoms with Crippen LogP contribution in [0.2, 0.25) is 0 Å². The average Bonchev–Trinajstić information content (AvgIpc) is 4.08. The van der Waals surface area contributed by atoms with Crippen LogP contribution in [0.25, 0.3) is 98.6 Å². The highest BCUT2D eigenvalue weighted by Gasteiger charge is 2.29. The van der Waals surface area contributed by atoms with E-state index >= 15 is 0 Å². The van der Waals surface area contributed by atoms with Crippen LogP contribution in [0.5, 0.6) is 0 Å². The fourth-order valence-electron chi connectivity index (χ4n) is 11.4. The van der Waals surface area contributed by atoms with Gasteiger partial charge < -0.3 is 18.3 Å². The molecule has 5 heteroatoms. The predicted molar refractivity (Wildman–Crippen MR) is 271 cm³/mol. The second-order valence-electron chi connectivity index (χ2n) is 17.4. The number of benzene rings is 9. The molecule has 4 aromatic heterocycles. The molecule has 0 aliphatic rings. The van der Waals surface area contributed by atoms with Gasteiger partial charge in [-0.3, -0.25) is 0 Å². The molecule has 4 heterocycles. The molecule has 0 amide bonds. The van der Waals surface area contributed by atoms with Crippen LogP contribution in [0, 0.1) is 18.3 Å². The quantitative estimate of drug-likeness (QED) is 0.150. The number of nitriles is 1. The van der Waals surface area contributed by atoms with Crippen LogP contribution in [-0.2, 0) is 25.9 Å². The second-order valence-corrected chi connectivity index (χ2v) is 17.4. The van der Waals surface area contributed by atoms with E-state index in [9.17, 15) is 5.26 Å². The number of aryl methyl sites for hydroxylation is 2. The van der Waals surface area contributed by atoms with Crippen LogP contribution in [0.1, 0.15) is 22.3 Å². The Hall–Kier alpha value is -8.33. The lowest BCUT2D eigenvalue weighted by molar-refractivity contribution is 0.721. The van der Waals surface area contributed by atoms with Crippen LogP contribution in [0.3, 0.4) is 0 Å². The zero-order chi connectivity index (χ0) is 43.2. The minimum absolute atomic E-state index is 0.673. The Labute approximate surface area is 375 Å². The van der Waals surface area contributed by atoms with Crippen molar-refractivity contribution < 1.29 is 0 Å². The number of hydrogen-bond acceptors (Lipinski definition) is 1. The first kappa shape index (κ1) is 37.2. The van der Waals surface area contributed by atoms with E-state index in [1.54, 1.807) is 0 Å². The molecule has 0 N–H and O–H groups in total. The van der Waals surface area contributed by atoms with Gasteiger partial charge in [0.1, 0.15) is 6.07 Å². The van der Waals surface area contributed by atoms with Crippen LogP contribution in [0.15, 0.2) is 194 Å². The van der Waals surface area contributed by atoms with E-state index in [0.717, 1.165) is 63.1 Å². The van der Waals surface area contributed by atoms with E-state index in [1.807, 2.05) is 0 Å². The molecular formula is C60H43N5. The molecule has 0 radical (unpaired) electrons. The Morgan fingerprint density at radius 3 is 0.923 bits per heavy atom. The van der Waals surface area contributed by atoms with Crippen molar-refractivity contribution in [3.8, 4) is 17.4 Å². The first-order chi connectivity index (χ1) is 32.2. The van der Waals surface area contributed by atoms with Gasteiger partial charge in [-0.2, -0.15) is 5.26 Å². The molecule has 0 fully saturated rings. The van der Waals surface area contributed by atoms with Crippen molar-refractivity contribution in [2.45, 2.75) is 32.9 Å². The van der Waals surface area contributed by atoms with Crippen molar-refractivity contribution >= 4 is 87.2 Å². The van der Waals surface area contributed by atoms with Gasteiger partial charge in [-0.15, -0.1) is 0 Å². The molecule has 65 heavy (non-hydrogen) atoms. The van der Waals surface area contributed by atoms with Gasteiger partial charge >= 0.3 is 0 Å². The van der Waals surface area contributed by atoms with Crippen LogP contribution in [-0.4, -0.2) is 18.3 Å². The maximum Gasteiger partial charge on any atom is 0.102 e. The summed E-state index contributed by atoms with van der Waals surface area (Å²) in [4.78, 5) is 0. The van der Waals surface area contributed by atoms with Crippen LogP contribution >= 0.6 is 0 Å². The molecular weight excluding hydrogens is 791 g/mol. The van der Waals surface area contributed by atoms with Gasteiger partial charge in [0.25, 0.3) is 0 Å². The second kappa shape index (κ2) is 14.6. The van der Waals surface area contributed by atoms with Gasteiger partial charge in [0, 0.05) is 83.8 Å². The summed E-state index contributed by atoms with van der Waals surface area (Å²) in [6.45, 7) is 3.65. The lowest BCUT2D eigenvalue weighted by Crippen LogP contribution is -2.17. The normalized spacial score (nSPS) is 12.0. The molecule has 0 aliphatic carbocycles. The zero-order valence-electron chi connectivity index (χ0n) is 36.0. The van der Waals surface area contributed by atoms with E-state index in [-0.39, 0.29) is 0 Å². The molecule has 0 atom stereocenters. The number of para-hydroxylation sites is 8. The molecule has 0 bridgehead atoms. The number of nitrogens with zero attached hydrogens (tertiary/aromatic N) is 5. The SMILES string of the molecule is Cc1c(C#N)c(-n2c3ccccc3c3ccccc32)c(CCn2c3ccccc3c3ccccc32)c(-n2c3ccccc3c3ccccc32)c1CCn1c2ccccc2c2ccccc21. The Kier molecular flexibility index (Phi) is 8.38. The zero-order valence-corrected chi connectivity index (χ0v) is 36.0. The molecule has 0 spiro atoms. The van der Waals surface area contributed by atoms with Crippen molar-refractivity contribution in [1.82, 2.24) is 18.3 Å². The van der Waals surface area contributed by atoms with Crippen molar-refractivity contribution in [1.29, 1.82) is 5.26 Å². The van der Waals surface area contributed by atoms with Crippen LogP contribution < -0.4 is 0 Å². The summed E-state index contributed by atoms with van der Waals surface area (Å²) in [5, 5.41) is 21.5. The molecule has 0 aliphatic heterocycles. The smallest absolute Gasteiger partial charge is 0.102 e. The summed E-state index contributed by atoms with van der Waals surface area (Å²) >= 11 is 0. The van der Waals surface area contributed by atoms with Crippen LogP contribution in [0.4, 0.5) is 0 Å². The first-order valence-electron chi connectivity index (χ1n) is 22.7. The predicted octanol–water partition coefficient (Wildman–Crippen LogP) is 14.8.